The largest absolute Gasteiger partial charge is 0.542 e. The maximum absolute atomic E-state index is 11.8. The highest BCUT2D eigenvalue weighted by Crippen LogP contribution is 2.35. The van der Waals surface area contributed by atoms with E-state index < -0.39 is 24.3 Å². The lowest BCUT2D eigenvalue weighted by molar-refractivity contribution is -0.572. The Morgan fingerprint density at radius 2 is 0.566 bits per heavy atom. The average molecular weight is 1030 g/mol. The molecule has 382 valence electrons. The van der Waals surface area contributed by atoms with Crippen LogP contribution in [0.15, 0.2) is 218 Å². The first-order valence-corrected chi connectivity index (χ1v) is 23.1. The van der Waals surface area contributed by atoms with Crippen molar-refractivity contribution >= 4 is 35.1 Å². The second-order valence-corrected chi connectivity index (χ2v) is 16.8. The van der Waals surface area contributed by atoms with Crippen molar-refractivity contribution in [2.75, 3.05) is 10.6 Å². The minimum absolute atomic E-state index is 0.105. The summed E-state index contributed by atoms with van der Waals surface area (Å²) in [4.78, 5) is 41.3. The number of anilines is 2. The number of hydrogen-bond donors (Lipinski definition) is 2. The topological polar surface area (TPSA) is 146 Å². The Labute approximate surface area is 432 Å². The molecule has 0 unspecified atom stereocenters. The number of aliphatic carboxylic acids is 2. The number of benzene rings is 7. The van der Waals surface area contributed by atoms with Gasteiger partial charge in [-0.25, -0.2) is 0 Å². The number of hydrogen-bond acceptors (Lipinski definition) is 6. The summed E-state index contributed by atoms with van der Waals surface area (Å²) in [6.45, 7) is 3.04. The zero-order valence-corrected chi connectivity index (χ0v) is 40.4. The van der Waals surface area contributed by atoms with E-state index in [0.717, 1.165) is 90.0 Å². The monoisotopic (exact) mass is 1030 g/mol. The Morgan fingerprint density at radius 1 is 0.342 bits per heavy atom. The van der Waals surface area contributed by atoms with Gasteiger partial charge >= 0.3 is 12.4 Å². The van der Waals surface area contributed by atoms with E-state index in [1.165, 1.54) is 13.8 Å². The number of nitrogens with zero attached hydrogens (tertiary/aromatic N) is 2. The summed E-state index contributed by atoms with van der Waals surface area (Å²) in [7, 11) is 0. The van der Waals surface area contributed by atoms with E-state index in [1.807, 2.05) is 48.5 Å². The van der Waals surface area contributed by atoms with Gasteiger partial charge in [0.25, 0.3) is 0 Å². The molecule has 9 rings (SSSR count). The van der Waals surface area contributed by atoms with Crippen molar-refractivity contribution < 1.29 is 64.9 Å². The summed E-state index contributed by atoms with van der Waals surface area (Å²) in [6.07, 6.45) is -10.4. The molecule has 0 radical (unpaired) electrons. The quantitative estimate of drug-likeness (QED) is 0.103. The third-order valence-electron chi connectivity index (χ3n) is 11.3. The molecular formula is C60H44F6N4O6. The van der Waals surface area contributed by atoms with Crippen molar-refractivity contribution in [1.29, 1.82) is 0 Å². The van der Waals surface area contributed by atoms with Crippen LogP contribution in [-0.4, -0.2) is 36.1 Å². The molecule has 2 heterocycles. The number of nitrogens with one attached hydrogen (secondary N) is 2. The van der Waals surface area contributed by atoms with Gasteiger partial charge in [0.1, 0.15) is 11.9 Å². The maximum atomic E-state index is 11.8. The summed E-state index contributed by atoms with van der Waals surface area (Å²) in [5.41, 5.74) is 16.3. The Kier molecular flexibility index (Phi) is 17.0. The van der Waals surface area contributed by atoms with E-state index in [2.05, 4.69) is 190 Å². The van der Waals surface area contributed by atoms with Crippen molar-refractivity contribution in [2.24, 2.45) is 0 Å². The van der Waals surface area contributed by atoms with Crippen LogP contribution in [-0.2, 0) is 19.2 Å². The lowest BCUT2D eigenvalue weighted by Gasteiger charge is -2.14. The Balaban J connectivity index is 0.000000530. The van der Waals surface area contributed by atoms with Gasteiger partial charge in [-0.2, -0.15) is 35.5 Å². The van der Waals surface area contributed by atoms with E-state index in [4.69, 9.17) is 19.8 Å². The Bertz CT molecular complexity index is 3120. The fraction of sp³-hybridized carbons (Fsp3) is 0.0667. The molecule has 16 heteroatoms. The first-order valence-electron chi connectivity index (χ1n) is 23.1. The van der Waals surface area contributed by atoms with Crippen LogP contribution < -0.4 is 30.0 Å². The molecule has 0 saturated heterocycles. The molecule has 2 N–H and O–H groups in total. The minimum Gasteiger partial charge on any atom is -0.542 e. The van der Waals surface area contributed by atoms with Crippen LogP contribution in [0.25, 0.3) is 78.7 Å². The molecule has 0 atom stereocenters. The first kappa shape index (κ1) is 54.1. The number of amides is 2. The number of halogens is 6. The third kappa shape index (κ3) is 13.9. The van der Waals surface area contributed by atoms with Gasteiger partial charge in [0.15, 0.2) is 0 Å². The molecular weight excluding hydrogens is 987 g/mol. The van der Waals surface area contributed by atoms with E-state index in [1.54, 1.807) is 0 Å². The molecule has 7 aromatic carbocycles. The predicted molar refractivity (Wildman–Crippen MR) is 273 cm³/mol. The highest BCUT2D eigenvalue weighted by molar-refractivity contribution is 5.89. The van der Waals surface area contributed by atoms with Crippen LogP contribution in [0.4, 0.5) is 37.7 Å². The van der Waals surface area contributed by atoms with Crippen molar-refractivity contribution in [3.8, 4) is 78.7 Å². The number of aromatic nitrogens is 2. The lowest BCUT2D eigenvalue weighted by Crippen LogP contribution is -2.37. The number of rotatable bonds is 10. The van der Waals surface area contributed by atoms with Gasteiger partial charge in [-0.1, -0.05) is 97.1 Å². The molecule has 0 aliphatic heterocycles. The molecule has 9 aromatic rings. The average Bonchev–Trinajstić information content (AvgIpc) is 3.43. The van der Waals surface area contributed by atoms with Gasteiger partial charge in [0.2, 0.25) is 46.0 Å². The number of carbonyl (C=O) groups is 4. The maximum Gasteiger partial charge on any atom is 0.430 e. The number of pyridine rings is 2. The summed E-state index contributed by atoms with van der Waals surface area (Å²) in [6, 6.07) is 75.8. The van der Waals surface area contributed by atoms with Crippen molar-refractivity contribution in [3.63, 3.8) is 0 Å². The van der Waals surface area contributed by atoms with Gasteiger partial charge in [0.05, 0.1) is 0 Å². The molecule has 0 bridgehead atoms. The first-order chi connectivity index (χ1) is 36.3. The molecule has 0 fully saturated rings. The van der Waals surface area contributed by atoms with E-state index in [-0.39, 0.29) is 11.8 Å². The zero-order valence-electron chi connectivity index (χ0n) is 40.4. The molecule has 76 heavy (non-hydrogen) atoms. The van der Waals surface area contributed by atoms with Crippen LogP contribution in [0.3, 0.4) is 0 Å². The number of carboxylic acids is 2. The number of carbonyl (C=O) groups excluding carboxylic acids is 4. The zero-order chi connectivity index (χ0) is 54.6. The molecule has 2 aromatic heterocycles. The van der Waals surface area contributed by atoms with E-state index in [9.17, 15) is 35.9 Å². The fourth-order valence-corrected chi connectivity index (χ4v) is 8.01. The minimum atomic E-state index is -5.19. The third-order valence-corrected chi connectivity index (χ3v) is 11.3. The van der Waals surface area contributed by atoms with E-state index >= 15 is 0 Å². The second kappa shape index (κ2) is 23.9. The Hall–Kier alpha value is -9.70. The molecule has 0 aliphatic carbocycles. The van der Waals surface area contributed by atoms with Crippen LogP contribution in [0.2, 0.25) is 0 Å². The molecule has 0 spiro atoms. The smallest absolute Gasteiger partial charge is 0.430 e. The van der Waals surface area contributed by atoms with E-state index in [0.29, 0.717) is 0 Å². The number of alkyl halides is 6. The molecule has 0 saturated carbocycles. The van der Waals surface area contributed by atoms with Gasteiger partial charge < -0.3 is 30.4 Å². The van der Waals surface area contributed by atoms with Gasteiger partial charge in [-0.05, 0) is 95.1 Å². The summed E-state index contributed by atoms with van der Waals surface area (Å²) >= 11 is 0. The van der Waals surface area contributed by atoms with Gasteiger partial charge in [-0.15, -0.1) is 0 Å². The van der Waals surface area contributed by atoms with Crippen molar-refractivity contribution in [3.05, 3.63) is 218 Å². The Morgan fingerprint density at radius 3 is 0.763 bits per heavy atom. The standard InChI is InChI=1S/C56H42N4O2.2C2HF3O2/c1-39(61)57-49-27-31-51(32-28-49)59-53(43-15-7-3-8-16-43)35-47(36-54(59)44-17-9-4-10-18-44)41-23-25-42(26-24-41)48-37-55(45-19-11-5-12-20-45)60(56(38-48)46-21-13-6-14-22-46)52-33-29-50(30-34-52)58-40(2)62;2*3-2(4,5)1(6)7/h3-38H,1-2H3;2*(H,6,7). The summed E-state index contributed by atoms with van der Waals surface area (Å²) in [5, 5.41) is 23.4. The molecule has 2 amide bonds. The highest BCUT2D eigenvalue weighted by Gasteiger charge is 2.30. The van der Waals surface area contributed by atoms with Crippen molar-refractivity contribution in [2.45, 2.75) is 26.2 Å². The lowest BCUT2D eigenvalue weighted by atomic mass is 9.95. The summed E-state index contributed by atoms with van der Waals surface area (Å²) < 4.78 is 67.7. The molecule has 0 aliphatic rings. The number of carboxylic acid groups (broad SMARTS) is 2. The van der Waals surface area contributed by atoms with Crippen molar-refractivity contribution in [1.82, 2.24) is 0 Å². The fourth-order valence-electron chi connectivity index (χ4n) is 8.01. The van der Waals surface area contributed by atoms with Crippen LogP contribution in [0.5, 0.6) is 0 Å². The van der Waals surface area contributed by atoms with Gasteiger partial charge in [0, 0.05) is 96.0 Å². The van der Waals surface area contributed by atoms with Crippen LogP contribution in [0.1, 0.15) is 13.8 Å². The summed E-state index contributed by atoms with van der Waals surface area (Å²) in [5.74, 6) is -6.22. The SMILES string of the molecule is CC(=O)Nc1ccc(-[n+]2c(-c3ccccc3)cc(-c3ccc(-c4cc(-c5ccccc5)[n+](-c5ccc(NC(C)=O)cc5)c(-c5ccccc5)c4)cc3)cc2-c2ccccc2)cc1.O=C([O-])C(F)(F)F.O=C([O-])C(F)(F)F. The van der Waals surface area contributed by atoms with Gasteiger partial charge in [-0.3, -0.25) is 9.59 Å². The van der Waals surface area contributed by atoms with Crippen LogP contribution in [0, 0.1) is 0 Å². The van der Waals surface area contributed by atoms with Crippen LogP contribution >= 0.6 is 0 Å². The normalized spacial score (nSPS) is 10.9. The highest BCUT2D eigenvalue weighted by atomic mass is 19.4. The molecule has 10 nitrogen and oxygen atoms in total. The predicted octanol–water partition coefficient (Wildman–Crippen LogP) is 10.8. The second-order valence-electron chi connectivity index (χ2n) is 16.8.